The summed E-state index contributed by atoms with van der Waals surface area (Å²) < 4.78 is 10.7. The molecule has 1 saturated heterocycles. The van der Waals surface area contributed by atoms with Gasteiger partial charge in [0.15, 0.2) is 0 Å². The van der Waals surface area contributed by atoms with Crippen LogP contribution in [0.4, 0.5) is 5.69 Å². The number of anilines is 1. The van der Waals surface area contributed by atoms with Gasteiger partial charge in [-0.05, 0) is 36.4 Å². The smallest absolute Gasteiger partial charge is 0.300 e. The topological polar surface area (TPSA) is 96.3 Å². The summed E-state index contributed by atoms with van der Waals surface area (Å²) in [6, 6.07) is 16.5. The Kier molecular flexibility index (Phi) is 5.98. The van der Waals surface area contributed by atoms with Crippen LogP contribution in [-0.2, 0) is 9.59 Å². The van der Waals surface area contributed by atoms with Gasteiger partial charge in [-0.25, -0.2) is 0 Å². The van der Waals surface area contributed by atoms with Crippen LogP contribution in [0.15, 0.2) is 72.3 Å². The molecule has 0 radical (unpaired) electrons. The van der Waals surface area contributed by atoms with Gasteiger partial charge in [0, 0.05) is 11.1 Å². The molecule has 168 valence electrons. The lowest BCUT2D eigenvalue weighted by Crippen LogP contribution is -2.29. The number of aliphatic hydroxyl groups excluding tert-OH is 1. The lowest BCUT2D eigenvalue weighted by Gasteiger charge is -2.27. The Morgan fingerprint density at radius 2 is 1.67 bits per heavy atom. The predicted molar refractivity (Wildman–Crippen MR) is 124 cm³/mol. The monoisotopic (exact) mass is 465 g/mol. The fraction of sp³-hybridized carbons (Fsp3) is 0.120. The second-order valence-corrected chi connectivity index (χ2v) is 7.65. The SMILES string of the molecule is COc1ccc(Cl)c(/C(O)=C2\C(=O)C(=O)N(c3ccccc3O)C2c2ccccc2OC)c1. The highest BCUT2D eigenvalue weighted by molar-refractivity contribution is 6.52. The van der Waals surface area contributed by atoms with Crippen LogP contribution >= 0.6 is 11.6 Å². The first-order chi connectivity index (χ1) is 15.9. The molecule has 1 atom stereocenters. The van der Waals surface area contributed by atoms with Crippen molar-refractivity contribution in [1.82, 2.24) is 0 Å². The molecule has 0 bridgehead atoms. The first-order valence-electron chi connectivity index (χ1n) is 9.94. The molecule has 3 aromatic rings. The van der Waals surface area contributed by atoms with Gasteiger partial charge in [0.25, 0.3) is 11.7 Å². The summed E-state index contributed by atoms with van der Waals surface area (Å²) in [4.78, 5) is 27.6. The van der Waals surface area contributed by atoms with Gasteiger partial charge in [0.05, 0.1) is 36.5 Å². The maximum absolute atomic E-state index is 13.3. The Bertz CT molecular complexity index is 1290. The fourth-order valence-corrected chi connectivity index (χ4v) is 4.10. The van der Waals surface area contributed by atoms with Crippen molar-refractivity contribution in [1.29, 1.82) is 0 Å². The van der Waals surface area contributed by atoms with E-state index < -0.39 is 23.5 Å². The zero-order valence-corrected chi connectivity index (χ0v) is 18.5. The van der Waals surface area contributed by atoms with Crippen LogP contribution in [0.1, 0.15) is 17.2 Å². The van der Waals surface area contributed by atoms with Gasteiger partial charge in [-0.3, -0.25) is 14.5 Å². The molecule has 1 fully saturated rings. The number of aromatic hydroxyl groups is 1. The van der Waals surface area contributed by atoms with Crippen molar-refractivity contribution in [3.05, 3.63) is 88.5 Å². The summed E-state index contributed by atoms with van der Waals surface area (Å²) in [5, 5.41) is 21.9. The van der Waals surface area contributed by atoms with Crippen molar-refractivity contribution in [3.63, 3.8) is 0 Å². The van der Waals surface area contributed by atoms with E-state index in [0.29, 0.717) is 17.1 Å². The quantitative estimate of drug-likeness (QED) is 0.322. The summed E-state index contributed by atoms with van der Waals surface area (Å²) in [5.41, 5.74) is 0.503. The molecule has 8 heteroatoms. The number of aliphatic hydroxyl groups is 1. The Balaban J connectivity index is 2.03. The van der Waals surface area contributed by atoms with E-state index in [4.69, 9.17) is 21.1 Å². The van der Waals surface area contributed by atoms with E-state index in [1.165, 1.54) is 38.5 Å². The van der Waals surface area contributed by atoms with E-state index >= 15 is 0 Å². The lowest BCUT2D eigenvalue weighted by atomic mass is 9.94. The van der Waals surface area contributed by atoms with Crippen LogP contribution in [0.25, 0.3) is 5.76 Å². The van der Waals surface area contributed by atoms with Crippen molar-refractivity contribution < 1.29 is 29.3 Å². The number of carbonyl (C=O) groups excluding carboxylic acids is 2. The number of para-hydroxylation sites is 3. The van der Waals surface area contributed by atoms with Gasteiger partial charge < -0.3 is 19.7 Å². The first kappa shape index (κ1) is 22.2. The molecule has 1 amide bonds. The molecule has 33 heavy (non-hydrogen) atoms. The number of ketones is 1. The molecule has 0 spiro atoms. The summed E-state index contributed by atoms with van der Waals surface area (Å²) in [6.45, 7) is 0. The number of halogens is 1. The van der Waals surface area contributed by atoms with E-state index in [9.17, 15) is 19.8 Å². The van der Waals surface area contributed by atoms with E-state index in [1.807, 2.05) is 0 Å². The highest BCUT2D eigenvalue weighted by Crippen LogP contribution is 2.47. The number of carbonyl (C=O) groups is 2. The number of rotatable bonds is 5. The van der Waals surface area contributed by atoms with Crippen LogP contribution in [0.3, 0.4) is 0 Å². The van der Waals surface area contributed by atoms with Crippen molar-refractivity contribution in [2.75, 3.05) is 19.1 Å². The third-order valence-electron chi connectivity index (χ3n) is 5.45. The molecule has 0 aliphatic carbocycles. The maximum Gasteiger partial charge on any atom is 0.300 e. The standard InChI is InChI=1S/C25H20ClNO6/c1-32-14-11-12-17(26)16(13-14)23(29)21-22(15-7-3-6-10-20(15)33-2)27(25(31)24(21)30)18-8-4-5-9-19(18)28/h3-13,22,28-29H,1-2H3/b23-21+. The zero-order chi connectivity index (χ0) is 23.7. The summed E-state index contributed by atoms with van der Waals surface area (Å²) in [7, 11) is 2.92. The molecule has 1 aliphatic rings. The molecule has 1 unspecified atom stereocenters. The predicted octanol–water partition coefficient (Wildman–Crippen LogP) is 4.69. The number of nitrogens with zero attached hydrogens (tertiary/aromatic N) is 1. The Morgan fingerprint density at radius 1 is 0.970 bits per heavy atom. The van der Waals surface area contributed by atoms with Gasteiger partial charge in [-0.2, -0.15) is 0 Å². The number of phenolic OH excluding ortho intramolecular Hbond substituents is 1. The van der Waals surface area contributed by atoms with Crippen molar-refractivity contribution in [2.24, 2.45) is 0 Å². The van der Waals surface area contributed by atoms with Gasteiger partial charge in [0.2, 0.25) is 0 Å². The number of methoxy groups -OCH3 is 2. The van der Waals surface area contributed by atoms with E-state index in [1.54, 1.807) is 42.5 Å². The molecule has 1 aliphatic heterocycles. The number of hydrogen-bond acceptors (Lipinski definition) is 6. The molecule has 0 saturated carbocycles. The summed E-state index contributed by atoms with van der Waals surface area (Å²) in [5.74, 6) is -1.69. The summed E-state index contributed by atoms with van der Waals surface area (Å²) >= 11 is 6.32. The third kappa shape index (κ3) is 3.76. The van der Waals surface area contributed by atoms with Gasteiger partial charge >= 0.3 is 0 Å². The van der Waals surface area contributed by atoms with Crippen molar-refractivity contribution in [3.8, 4) is 17.2 Å². The normalized spacial score (nSPS) is 17.3. The molecule has 2 N–H and O–H groups in total. The number of benzene rings is 3. The van der Waals surface area contributed by atoms with E-state index in [0.717, 1.165) is 4.90 Å². The van der Waals surface area contributed by atoms with Gasteiger partial charge in [0.1, 0.15) is 23.0 Å². The van der Waals surface area contributed by atoms with Gasteiger partial charge in [-0.1, -0.05) is 41.9 Å². The number of amides is 1. The van der Waals surface area contributed by atoms with Crippen LogP contribution in [-0.4, -0.2) is 36.1 Å². The average molecular weight is 466 g/mol. The summed E-state index contributed by atoms with van der Waals surface area (Å²) in [6.07, 6.45) is 0. The third-order valence-corrected chi connectivity index (χ3v) is 5.78. The van der Waals surface area contributed by atoms with Crippen molar-refractivity contribution >= 4 is 34.7 Å². The van der Waals surface area contributed by atoms with E-state index in [-0.39, 0.29) is 27.6 Å². The molecule has 3 aromatic carbocycles. The molecule has 4 rings (SSSR count). The number of phenols is 1. The van der Waals surface area contributed by atoms with E-state index in [2.05, 4.69) is 0 Å². The largest absolute Gasteiger partial charge is 0.507 e. The minimum atomic E-state index is -1.09. The molecular weight excluding hydrogens is 446 g/mol. The van der Waals surface area contributed by atoms with Crippen LogP contribution in [0, 0.1) is 0 Å². The van der Waals surface area contributed by atoms with Crippen molar-refractivity contribution in [2.45, 2.75) is 6.04 Å². The highest BCUT2D eigenvalue weighted by atomic mass is 35.5. The number of ether oxygens (including phenoxy) is 2. The van der Waals surface area contributed by atoms with Crippen LogP contribution in [0.5, 0.6) is 17.2 Å². The Morgan fingerprint density at radius 3 is 2.36 bits per heavy atom. The second-order valence-electron chi connectivity index (χ2n) is 7.25. The lowest BCUT2D eigenvalue weighted by molar-refractivity contribution is -0.132. The average Bonchev–Trinajstić information content (AvgIpc) is 3.09. The molecule has 0 aromatic heterocycles. The number of hydrogen-bond donors (Lipinski definition) is 2. The molecule has 7 nitrogen and oxygen atoms in total. The molecular formula is C25H20ClNO6. The van der Waals surface area contributed by atoms with Crippen LogP contribution in [0.2, 0.25) is 5.02 Å². The number of Topliss-reactive ketones (excluding diaryl/α,β-unsaturated/α-hetero) is 1. The molecule has 1 heterocycles. The zero-order valence-electron chi connectivity index (χ0n) is 17.8. The highest BCUT2D eigenvalue weighted by Gasteiger charge is 2.48. The minimum Gasteiger partial charge on any atom is -0.507 e. The first-order valence-corrected chi connectivity index (χ1v) is 10.3. The Labute approximate surface area is 195 Å². The van der Waals surface area contributed by atoms with Gasteiger partial charge in [-0.15, -0.1) is 0 Å². The van der Waals surface area contributed by atoms with Crippen LogP contribution < -0.4 is 14.4 Å². The Hall–Kier alpha value is -3.97. The minimum absolute atomic E-state index is 0.117. The second kappa shape index (κ2) is 8.88. The maximum atomic E-state index is 13.3. The fourth-order valence-electron chi connectivity index (χ4n) is 3.89.